The maximum Gasteiger partial charge on any atom is 0.297 e. The van der Waals surface area contributed by atoms with Gasteiger partial charge >= 0.3 is 0 Å². The Morgan fingerprint density at radius 2 is 1.74 bits per heavy atom. The molecular weight excluding hydrogens is 511 g/mol. The van der Waals surface area contributed by atoms with Gasteiger partial charge in [0.1, 0.15) is 5.75 Å². The molecule has 1 atom stereocenters. The number of nitrogens with one attached hydrogen (secondary N) is 1. The minimum absolute atomic E-state index is 0.148. The highest BCUT2D eigenvalue weighted by Gasteiger charge is 2.36. The van der Waals surface area contributed by atoms with Crippen LogP contribution in [-0.2, 0) is 11.8 Å². The van der Waals surface area contributed by atoms with Crippen molar-refractivity contribution in [2.45, 2.75) is 37.2 Å². The normalized spacial score (nSPS) is 12.8. The molecule has 3 rings (SSSR count). The molecule has 0 saturated carbocycles. The summed E-state index contributed by atoms with van der Waals surface area (Å²) in [6, 6.07) is 16.2. The molecule has 186 valence electrons. The Morgan fingerprint density at radius 1 is 1.11 bits per heavy atom. The third-order valence-electron chi connectivity index (χ3n) is 5.18. The first-order valence-corrected chi connectivity index (χ1v) is 12.1. The highest BCUT2D eigenvalue weighted by molar-refractivity contribution is 6.68. The van der Waals surface area contributed by atoms with E-state index in [1.54, 1.807) is 39.8 Å². The highest BCUT2D eigenvalue weighted by Crippen LogP contribution is 2.32. The standard InChI is InChI=1S/C25H27Cl3N4O3/c1-16(2)14-21(33)30-24(25(26,27)28)35-20-12-10-18(11-13-20)15-29-22-17(3)31(4)32(23(22)34)19-8-6-5-7-9-19/h5-13,15-16,24H,14H2,1-4H3,(H,30,33)/t24-/m0/s1. The van der Waals surface area contributed by atoms with Crippen LogP contribution >= 0.6 is 34.8 Å². The average Bonchev–Trinajstić information content (AvgIpc) is 3.00. The van der Waals surface area contributed by atoms with E-state index >= 15 is 0 Å². The van der Waals surface area contributed by atoms with Gasteiger partial charge in [0.25, 0.3) is 5.56 Å². The van der Waals surface area contributed by atoms with Gasteiger partial charge in [-0.3, -0.25) is 14.3 Å². The van der Waals surface area contributed by atoms with Gasteiger partial charge in [-0.1, -0.05) is 66.8 Å². The number of hydrogen-bond acceptors (Lipinski definition) is 4. The molecule has 0 aliphatic rings. The molecule has 0 spiro atoms. The van der Waals surface area contributed by atoms with E-state index in [0.717, 1.165) is 16.9 Å². The van der Waals surface area contributed by atoms with Crippen molar-refractivity contribution in [2.75, 3.05) is 0 Å². The van der Waals surface area contributed by atoms with Gasteiger partial charge in [0.2, 0.25) is 15.9 Å². The summed E-state index contributed by atoms with van der Waals surface area (Å²) in [5.41, 5.74) is 2.36. The Kier molecular flexibility index (Phi) is 8.70. The lowest BCUT2D eigenvalue weighted by Gasteiger charge is -2.26. The third-order valence-corrected chi connectivity index (χ3v) is 5.78. The molecule has 0 bridgehead atoms. The topological polar surface area (TPSA) is 77.6 Å². The van der Waals surface area contributed by atoms with Crippen molar-refractivity contribution in [1.29, 1.82) is 0 Å². The summed E-state index contributed by atoms with van der Waals surface area (Å²) in [5, 5.41) is 2.61. The Morgan fingerprint density at radius 3 is 2.31 bits per heavy atom. The second kappa shape index (κ2) is 11.3. The largest absolute Gasteiger partial charge is 0.466 e. The molecule has 1 N–H and O–H groups in total. The van der Waals surface area contributed by atoms with Crippen molar-refractivity contribution in [3.05, 3.63) is 76.2 Å². The molecule has 0 unspecified atom stereocenters. The number of hydrogen-bond donors (Lipinski definition) is 1. The van der Waals surface area contributed by atoms with Crippen LogP contribution in [0, 0.1) is 12.8 Å². The van der Waals surface area contributed by atoms with Crippen LogP contribution in [0.3, 0.4) is 0 Å². The molecule has 1 heterocycles. The van der Waals surface area contributed by atoms with Gasteiger partial charge < -0.3 is 10.1 Å². The van der Waals surface area contributed by atoms with Gasteiger partial charge in [-0.15, -0.1) is 0 Å². The monoisotopic (exact) mass is 536 g/mol. The van der Waals surface area contributed by atoms with E-state index in [4.69, 9.17) is 39.5 Å². The van der Waals surface area contributed by atoms with Crippen LogP contribution < -0.4 is 15.6 Å². The molecule has 35 heavy (non-hydrogen) atoms. The van der Waals surface area contributed by atoms with Gasteiger partial charge in [0, 0.05) is 19.7 Å². The van der Waals surface area contributed by atoms with E-state index in [2.05, 4.69) is 10.3 Å². The smallest absolute Gasteiger partial charge is 0.297 e. The highest BCUT2D eigenvalue weighted by atomic mass is 35.6. The van der Waals surface area contributed by atoms with E-state index in [9.17, 15) is 9.59 Å². The van der Waals surface area contributed by atoms with Crippen LogP contribution in [0.4, 0.5) is 5.69 Å². The number of amides is 1. The Labute approximate surface area is 219 Å². The number of rotatable bonds is 8. The summed E-state index contributed by atoms with van der Waals surface area (Å²) < 4.78 is 7.20. The molecule has 1 amide bonds. The van der Waals surface area contributed by atoms with Gasteiger partial charge in [0.05, 0.1) is 11.4 Å². The molecule has 2 aromatic carbocycles. The molecule has 0 radical (unpaired) electrons. The molecule has 0 aliphatic heterocycles. The number of aromatic nitrogens is 2. The maximum atomic E-state index is 13.0. The minimum atomic E-state index is -1.86. The van der Waals surface area contributed by atoms with E-state index in [1.165, 1.54) is 0 Å². The van der Waals surface area contributed by atoms with Crippen LogP contribution in [0.1, 0.15) is 31.5 Å². The lowest BCUT2D eigenvalue weighted by Crippen LogP contribution is -2.48. The van der Waals surface area contributed by atoms with Crippen molar-refractivity contribution in [2.24, 2.45) is 18.0 Å². The molecule has 3 aromatic rings. The van der Waals surface area contributed by atoms with E-state index in [0.29, 0.717) is 11.4 Å². The Balaban J connectivity index is 1.77. The average molecular weight is 538 g/mol. The zero-order chi connectivity index (χ0) is 25.8. The third kappa shape index (κ3) is 6.90. The van der Waals surface area contributed by atoms with Crippen LogP contribution in [0.15, 0.2) is 64.4 Å². The molecule has 7 nitrogen and oxygen atoms in total. The summed E-state index contributed by atoms with van der Waals surface area (Å²) in [5.74, 6) is 0.264. The zero-order valence-electron chi connectivity index (χ0n) is 19.8. The lowest BCUT2D eigenvalue weighted by atomic mass is 10.1. The number of carbonyl (C=O) groups excluding carboxylic acids is 1. The van der Waals surface area contributed by atoms with Crippen molar-refractivity contribution in [3.63, 3.8) is 0 Å². The molecule has 1 aromatic heterocycles. The van der Waals surface area contributed by atoms with E-state index in [-0.39, 0.29) is 23.8 Å². The molecule has 0 aliphatic carbocycles. The minimum Gasteiger partial charge on any atom is -0.466 e. The summed E-state index contributed by atoms with van der Waals surface area (Å²) in [6.45, 7) is 5.67. The van der Waals surface area contributed by atoms with Gasteiger partial charge in [-0.2, -0.15) is 0 Å². The van der Waals surface area contributed by atoms with E-state index < -0.39 is 10.0 Å². The number of para-hydroxylation sites is 1. The second-order valence-corrected chi connectivity index (χ2v) is 10.8. The Hall–Kier alpha value is -2.74. The number of nitrogens with zero attached hydrogens (tertiary/aromatic N) is 3. The van der Waals surface area contributed by atoms with Crippen molar-refractivity contribution in [1.82, 2.24) is 14.7 Å². The quantitative estimate of drug-likeness (QED) is 0.235. The van der Waals surface area contributed by atoms with Crippen LogP contribution in [-0.4, -0.2) is 31.5 Å². The number of aliphatic imine (C=N–C) groups is 1. The summed E-state index contributed by atoms with van der Waals surface area (Å²) >= 11 is 18.0. The predicted octanol–water partition coefficient (Wildman–Crippen LogP) is 5.47. The first-order chi connectivity index (χ1) is 16.5. The maximum absolute atomic E-state index is 13.0. The molecule has 0 saturated heterocycles. The number of halogens is 3. The van der Waals surface area contributed by atoms with Crippen molar-refractivity contribution in [3.8, 4) is 11.4 Å². The van der Waals surface area contributed by atoms with Gasteiger partial charge in [0.15, 0.2) is 5.69 Å². The number of alkyl halides is 3. The van der Waals surface area contributed by atoms with Gasteiger partial charge in [-0.05, 0) is 54.8 Å². The van der Waals surface area contributed by atoms with Crippen LogP contribution in [0.2, 0.25) is 0 Å². The molecule has 0 fully saturated rings. The number of ether oxygens (including phenoxy) is 1. The predicted molar refractivity (Wildman–Crippen MR) is 142 cm³/mol. The molecular formula is C25H27Cl3N4O3. The summed E-state index contributed by atoms with van der Waals surface area (Å²) in [4.78, 5) is 29.6. The van der Waals surface area contributed by atoms with Crippen molar-refractivity contribution < 1.29 is 9.53 Å². The van der Waals surface area contributed by atoms with Gasteiger partial charge in [-0.25, -0.2) is 9.67 Å². The van der Waals surface area contributed by atoms with E-state index in [1.807, 2.05) is 58.2 Å². The van der Waals surface area contributed by atoms with Crippen molar-refractivity contribution >= 4 is 52.6 Å². The fourth-order valence-corrected chi connectivity index (χ4v) is 3.66. The summed E-state index contributed by atoms with van der Waals surface area (Å²) in [7, 11) is 1.82. The zero-order valence-corrected chi connectivity index (χ0v) is 22.1. The lowest BCUT2D eigenvalue weighted by molar-refractivity contribution is -0.124. The first kappa shape index (κ1) is 26.9. The van der Waals surface area contributed by atoms with Crippen LogP contribution in [0.5, 0.6) is 5.75 Å². The molecule has 10 heteroatoms. The number of carbonyl (C=O) groups is 1. The second-order valence-electron chi connectivity index (χ2n) is 8.44. The number of benzene rings is 2. The fourth-order valence-electron chi connectivity index (χ4n) is 3.36. The first-order valence-electron chi connectivity index (χ1n) is 11.0. The fraction of sp³-hybridized carbons (Fsp3) is 0.320. The SMILES string of the molecule is Cc1c(N=Cc2ccc(O[C@H](NC(=O)CC(C)C)C(Cl)(Cl)Cl)cc2)c(=O)n(-c2ccccc2)n1C. The Bertz CT molecular complexity index is 1240. The van der Waals surface area contributed by atoms with Crippen LogP contribution in [0.25, 0.3) is 5.69 Å². The summed E-state index contributed by atoms with van der Waals surface area (Å²) in [6.07, 6.45) is 0.710.